The van der Waals surface area contributed by atoms with Crippen molar-refractivity contribution in [1.29, 1.82) is 0 Å². The van der Waals surface area contributed by atoms with E-state index in [1.807, 2.05) is 0 Å². The lowest BCUT2D eigenvalue weighted by molar-refractivity contribution is -0.150. The maximum absolute atomic E-state index is 14.4. The summed E-state index contributed by atoms with van der Waals surface area (Å²) in [5, 5.41) is 66.0. The zero-order valence-electron chi connectivity index (χ0n) is 44.7. The van der Waals surface area contributed by atoms with Gasteiger partial charge in [-0.1, -0.05) is 46.2 Å². The number of carbonyl (C=O) groups is 12. The molecule has 0 aromatic heterocycles. The molecule has 18 N–H and O–H groups in total. The molecule has 28 heteroatoms. The number of carboxylic acids is 3. The third kappa shape index (κ3) is 22.6. The number of hydrogen-bond donors (Lipinski definition) is 15. The van der Waals surface area contributed by atoms with Crippen LogP contribution in [0.1, 0.15) is 117 Å². The smallest absolute Gasteiger partial charge is 0.326 e. The predicted molar refractivity (Wildman–Crippen MR) is 277 cm³/mol. The Labute approximate surface area is 451 Å². The number of hydrogen-bond acceptors (Lipinski definition) is 16. The number of aliphatic hydroxyl groups is 1. The highest BCUT2D eigenvalue weighted by Crippen LogP contribution is 2.20. The molecule has 1 heterocycles. The molecule has 1 aliphatic rings. The minimum Gasteiger partial charge on any atom is -0.508 e. The number of rotatable bonds is 35. The van der Waals surface area contributed by atoms with Crippen LogP contribution in [0.3, 0.4) is 0 Å². The van der Waals surface area contributed by atoms with Crippen molar-refractivity contribution >= 4 is 71.1 Å². The fourth-order valence-electron chi connectivity index (χ4n) is 8.32. The number of amides is 9. The number of nitrogens with one attached hydrogen (secondary N) is 7. The molecule has 436 valence electrons. The Morgan fingerprint density at radius 3 is 1.68 bits per heavy atom. The summed E-state index contributed by atoms with van der Waals surface area (Å²) >= 11 is 0. The van der Waals surface area contributed by atoms with E-state index in [1.165, 1.54) is 31.2 Å². The summed E-state index contributed by atoms with van der Waals surface area (Å²) in [6.07, 6.45) is -3.40. The molecule has 0 bridgehead atoms. The molecule has 78 heavy (non-hydrogen) atoms. The first-order valence-electron chi connectivity index (χ1n) is 25.9. The Hall–Kier alpha value is -7.46. The summed E-state index contributed by atoms with van der Waals surface area (Å²) in [6.45, 7) is 8.29. The van der Waals surface area contributed by atoms with Crippen LogP contribution in [0.25, 0.3) is 0 Å². The molecule has 9 amide bonds. The van der Waals surface area contributed by atoms with Crippen molar-refractivity contribution in [2.75, 3.05) is 13.1 Å². The van der Waals surface area contributed by atoms with Gasteiger partial charge in [0.1, 0.15) is 54.1 Å². The van der Waals surface area contributed by atoms with Gasteiger partial charge in [0, 0.05) is 25.8 Å². The Morgan fingerprint density at radius 2 is 1.14 bits per heavy atom. The van der Waals surface area contributed by atoms with Crippen molar-refractivity contribution in [1.82, 2.24) is 42.1 Å². The number of nitrogens with two attached hydrogens (primary N) is 3. The fourth-order valence-corrected chi connectivity index (χ4v) is 8.32. The van der Waals surface area contributed by atoms with E-state index in [-0.39, 0.29) is 63.3 Å². The van der Waals surface area contributed by atoms with Crippen molar-refractivity contribution in [3.05, 3.63) is 29.8 Å². The van der Waals surface area contributed by atoms with Gasteiger partial charge in [0.15, 0.2) is 0 Å². The molecule has 0 radical (unpaired) electrons. The van der Waals surface area contributed by atoms with Gasteiger partial charge in [-0.05, 0) is 94.4 Å². The fraction of sp³-hybridized carbons (Fsp3) is 0.640. The van der Waals surface area contributed by atoms with E-state index >= 15 is 0 Å². The first-order valence-corrected chi connectivity index (χ1v) is 25.9. The Morgan fingerprint density at radius 1 is 0.641 bits per heavy atom. The lowest BCUT2D eigenvalue weighted by Crippen LogP contribution is -2.62. The normalized spacial score (nSPS) is 17.0. The summed E-state index contributed by atoms with van der Waals surface area (Å²) in [4.78, 5) is 159. The van der Waals surface area contributed by atoms with Crippen LogP contribution in [0.4, 0.5) is 0 Å². The maximum Gasteiger partial charge on any atom is 0.326 e. The number of nitrogens with zero attached hydrogens (tertiary/aromatic N) is 1. The second kappa shape index (κ2) is 33.0. The lowest BCUT2D eigenvalue weighted by atomic mass is 9.95. The first-order chi connectivity index (χ1) is 36.6. The van der Waals surface area contributed by atoms with Gasteiger partial charge in [-0.15, -0.1) is 0 Å². The molecule has 1 aromatic rings. The van der Waals surface area contributed by atoms with Crippen LogP contribution in [0.2, 0.25) is 0 Å². The molecule has 1 aromatic carbocycles. The number of phenolic OH excluding ortho intramolecular Hbond substituents is 1. The van der Waals surface area contributed by atoms with Crippen LogP contribution in [0.15, 0.2) is 24.3 Å². The predicted octanol–water partition coefficient (Wildman–Crippen LogP) is -3.06. The van der Waals surface area contributed by atoms with Gasteiger partial charge >= 0.3 is 17.9 Å². The van der Waals surface area contributed by atoms with Crippen molar-refractivity contribution in [2.24, 2.45) is 29.0 Å². The maximum atomic E-state index is 14.4. The van der Waals surface area contributed by atoms with Crippen LogP contribution < -0.4 is 54.4 Å². The van der Waals surface area contributed by atoms with Gasteiger partial charge in [-0.2, -0.15) is 0 Å². The largest absolute Gasteiger partial charge is 0.508 e. The minimum atomic E-state index is -1.82. The summed E-state index contributed by atoms with van der Waals surface area (Å²) in [5.41, 5.74) is 17.3. The number of aliphatic hydroxyl groups excluding tert-OH is 1. The molecular formula is C50H79N11O17. The van der Waals surface area contributed by atoms with E-state index < -0.39 is 163 Å². The van der Waals surface area contributed by atoms with Crippen LogP contribution >= 0.6 is 0 Å². The average Bonchev–Trinajstić information content (AvgIpc) is 3.87. The molecule has 0 unspecified atom stereocenters. The average molecular weight is 1110 g/mol. The molecule has 1 aliphatic heterocycles. The molecule has 28 nitrogen and oxygen atoms in total. The highest BCUT2D eigenvalue weighted by Gasteiger charge is 2.41. The number of primary amides is 1. The van der Waals surface area contributed by atoms with E-state index in [1.54, 1.807) is 27.7 Å². The zero-order valence-corrected chi connectivity index (χ0v) is 44.7. The number of carbonyl (C=O) groups excluding carboxylic acids is 9. The quantitative estimate of drug-likeness (QED) is 0.0300. The molecule has 11 atom stereocenters. The highest BCUT2D eigenvalue weighted by atomic mass is 16.4. The molecule has 1 fully saturated rings. The van der Waals surface area contributed by atoms with E-state index in [4.69, 9.17) is 22.3 Å². The second-order valence-electron chi connectivity index (χ2n) is 19.9. The molecule has 0 aliphatic carbocycles. The summed E-state index contributed by atoms with van der Waals surface area (Å²) in [6, 6.07) is -7.86. The number of benzene rings is 1. The minimum absolute atomic E-state index is 0.0277. The highest BCUT2D eigenvalue weighted by molar-refractivity contribution is 5.99. The SMILES string of the molecule is CC[C@H](C)[C@H](NC(=O)[C@H](CC(C)C)NC(=O)[C@H](CCCCN)NC(=O)[C@H](CC(N)=O)NC(=O)[C@H](CCC(=O)O)NC(=O)[C@@H](N)CCC(=O)O)C(=O)N[C@@H](Cc1ccc(O)cc1)C(=O)N[C@H](C(=O)N1CCC[C@H]1C(=O)O)[C@@H](C)O. The van der Waals surface area contributed by atoms with Gasteiger partial charge in [0.25, 0.3) is 0 Å². The number of likely N-dealkylation sites (tertiary alicyclic amines) is 1. The van der Waals surface area contributed by atoms with Crippen molar-refractivity contribution in [3.8, 4) is 5.75 Å². The van der Waals surface area contributed by atoms with E-state index in [0.717, 1.165) is 4.90 Å². The van der Waals surface area contributed by atoms with Crippen molar-refractivity contribution in [3.63, 3.8) is 0 Å². The monoisotopic (exact) mass is 1110 g/mol. The Balaban J connectivity index is 2.47. The Kier molecular flexibility index (Phi) is 28.2. The van der Waals surface area contributed by atoms with Gasteiger partial charge in [0.05, 0.1) is 18.6 Å². The topological polar surface area (TPSA) is 471 Å². The van der Waals surface area contributed by atoms with E-state index in [9.17, 15) is 78.0 Å². The third-order valence-electron chi connectivity index (χ3n) is 12.9. The number of aliphatic carboxylic acids is 3. The van der Waals surface area contributed by atoms with Gasteiger partial charge in [-0.25, -0.2) is 4.79 Å². The van der Waals surface area contributed by atoms with Crippen LogP contribution in [0, 0.1) is 11.8 Å². The first kappa shape index (κ1) is 66.7. The summed E-state index contributed by atoms with van der Waals surface area (Å²) < 4.78 is 0. The molecule has 0 saturated carbocycles. The van der Waals surface area contributed by atoms with Gasteiger partial charge < -0.3 is 84.9 Å². The number of aromatic hydroxyl groups is 1. The molecular weight excluding hydrogens is 1030 g/mol. The second-order valence-corrected chi connectivity index (χ2v) is 19.9. The number of phenols is 1. The molecule has 0 spiro atoms. The van der Waals surface area contributed by atoms with Crippen LogP contribution in [0.5, 0.6) is 5.75 Å². The standard InChI is InChI=1S/C50H79N11O17/c1-6-26(4)40(48(75)58-34(23-28-12-14-29(63)15-13-28)47(74)60-41(27(5)62)49(76)61-21-9-11-36(61)50(77)78)59-46(73)33(22-25(2)3)56-43(70)31(10-7-8-20-51)55-45(72)35(24-37(53)64)57-44(71)32(17-19-39(67)68)54-42(69)30(52)16-18-38(65)66/h12-15,25-27,30-36,40-41,62-63H,6-11,16-24,51-52H2,1-5H3,(H2,53,64)(H,54,69)(H,55,72)(H,56,70)(H,57,71)(H,58,75)(H,59,73)(H,60,74)(H,65,66)(H,67,68)(H,77,78)/t26-,27+,30-,31-,32-,33-,34-,35-,36-,40-,41-/m0/s1. The van der Waals surface area contributed by atoms with Gasteiger partial charge in [0.2, 0.25) is 53.2 Å². The number of unbranched alkanes of at least 4 members (excludes halogenated alkanes) is 1. The van der Waals surface area contributed by atoms with Crippen LogP contribution in [-0.2, 0) is 64.0 Å². The Bertz CT molecular complexity index is 2270. The molecule has 2 rings (SSSR count). The van der Waals surface area contributed by atoms with E-state index in [0.29, 0.717) is 24.8 Å². The van der Waals surface area contributed by atoms with Crippen molar-refractivity contribution < 1.29 is 83.1 Å². The number of carboxylic acid groups (broad SMARTS) is 3. The van der Waals surface area contributed by atoms with Crippen molar-refractivity contribution in [2.45, 2.75) is 179 Å². The van der Waals surface area contributed by atoms with Gasteiger partial charge in [-0.3, -0.25) is 52.7 Å². The zero-order chi connectivity index (χ0) is 59.0. The summed E-state index contributed by atoms with van der Waals surface area (Å²) in [5.74, 6) is -13.8. The summed E-state index contributed by atoms with van der Waals surface area (Å²) in [7, 11) is 0. The van der Waals surface area contributed by atoms with E-state index in [2.05, 4.69) is 37.2 Å². The third-order valence-corrected chi connectivity index (χ3v) is 12.9. The van der Waals surface area contributed by atoms with Crippen LogP contribution in [-0.4, -0.2) is 175 Å². The molecule has 1 saturated heterocycles. The lowest BCUT2D eigenvalue weighted by Gasteiger charge is -2.31.